The third kappa shape index (κ3) is 3.10. The molecule has 0 bridgehead atoms. The van der Waals surface area contributed by atoms with Crippen molar-refractivity contribution in [3.8, 4) is 0 Å². The van der Waals surface area contributed by atoms with E-state index in [0.29, 0.717) is 17.0 Å². The number of rotatable bonds is 2. The van der Waals surface area contributed by atoms with E-state index in [1.807, 2.05) is 45.0 Å². The van der Waals surface area contributed by atoms with E-state index in [2.05, 4.69) is 26.4 Å². The summed E-state index contributed by atoms with van der Waals surface area (Å²) < 4.78 is 6.10. The van der Waals surface area contributed by atoms with Crippen LogP contribution in [0.1, 0.15) is 42.6 Å². The molecule has 4 nitrogen and oxygen atoms in total. The van der Waals surface area contributed by atoms with Crippen molar-refractivity contribution in [1.29, 1.82) is 0 Å². The number of aryl methyl sites for hydroxylation is 1. The molecule has 0 spiro atoms. The van der Waals surface area contributed by atoms with E-state index in [9.17, 15) is 4.79 Å². The minimum atomic E-state index is -0.248. The van der Waals surface area contributed by atoms with Gasteiger partial charge in [0.2, 0.25) is 0 Å². The fraction of sp³-hybridized carbons (Fsp3) is 0.333. The lowest BCUT2D eigenvalue weighted by atomic mass is 9.88. The number of hydrogen-bond acceptors (Lipinski definition) is 3. The van der Waals surface area contributed by atoms with Crippen LogP contribution in [0.3, 0.4) is 0 Å². The van der Waals surface area contributed by atoms with E-state index in [0.717, 1.165) is 10.2 Å². The Balaban J connectivity index is 2.33. The Kier molecular flexibility index (Phi) is 3.99. The summed E-state index contributed by atoms with van der Waals surface area (Å²) in [4.78, 5) is 12.4. The van der Waals surface area contributed by atoms with Crippen LogP contribution < -0.4 is 5.32 Å². The van der Waals surface area contributed by atoms with Crippen molar-refractivity contribution in [2.45, 2.75) is 33.1 Å². The lowest BCUT2D eigenvalue weighted by Gasteiger charge is -2.16. The third-order valence-corrected chi connectivity index (χ3v) is 3.38. The van der Waals surface area contributed by atoms with Crippen LogP contribution in [0.2, 0.25) is 0 Å². The van der Waals surface area contributed by atoms with E-state index in [1.54, 1.807) is 6.92 Å². The first-order chi connectivity index (χ1) is 9.29. The molecule has 5 heteroatoms. The second kappa shape index (κ2) is 5.40. The van der Waals surface area contributed by atoms with Crippen LogP contribution in [-0.2, 0) is 5.41 Å². The summed E-state index contributed by atoms with van der Waals surface area (Å²) in [5.41, 5.74) is 1.66. The number of hydrogen-bond donors (Lipinski definition) is 1. The van der Waals surface area contributed by atoms with E-state index in [1.165, 1.54) is 0 Å². The molecule has 0 radical (unpaired) electrons. The van der Waals surface area contributed by atoms with Crippen LogP contribution in [0, 0.1) is 6.92 Å². The molecule has 0 atom stereocenters. The minimum absolute atomic E-state index is 0.202. The van der Waals surface area contributed by atoms with E-state index in [4.69, 9.17) is 4.52 Å². The van der Waals surface area contributed by atoms with Crippen molar-refractivity contribution < 1.29 is 9.32 Å². The zero-order chi connectivity index (χ0) is 14.9. The van der Waals surface area contributed by atoms with Gasteiger partial charge in [-0.1, -0.05) is 47.9 Å². The van der Waals surface area contributed by atoms with Crippen LogP contribution in [0.15, 0.2) is 33.3 Å². The van der Waals surface area contributed by atoms with E-state index < -0.39 is 0 Å². The Morgan fingerprint density at radius 2 is 2.05 bits per heavy atom. The smallest absolute Gasteiger partial charge is 0.261 e. The molecule has 1 amide bonds. The molecule has 1 aromatic carbocycles. The van der Waals surface area contributed by atoms with Crippen molar-refractivity contribution in [1.82, 2.24) is 5.16 Å². The molecule has 0 saturated heterocycles. The molecule has 0 saturated carbocycles. The maximum absolute atomic E-state index is 12.4. The van der Waals surface area contributed by atoms with Crippen LogP contribution in [0.5, 0.6) is 0 Å². The van der Waals surface area contributed by atoms with Gasteiger partial charge in [0.1, 0.15) is 17.0 Å². The first-order valence-corrected chi connectivity index (χ1v) is 7.12. The maximum Gasteiger partial charge on any atom is 0.261 e. The summed E-state index contributed by atoms with van der Waals surface area (Å²) in [6.07, 6.45) is 0. The predicted octanol–water partition coefficient (Wildman–Crippen LogP) is 4.30. The van der Waals surface area contributed by atoms with Gasteiger partial charge in [0.25, 0.3) is 5.91 Å². The highest BCUT2D eigenvalue weighted by molar-refractivity contribution is 9.10. The van der Waals surface area contributed by atoms with Gasteiger partial charge in [0, 0.05) is 15.6 Å². The number of benzene rings is 1. The highest BCUT2D eigenvalue weighted by atomic mass is 79.9. The molecule has 0 unspecified atom stereocenters. The van der Waals surface area contributed by atoms with Gasteiger partial charge >= 0.3 is 0 Å². The van der Waals surface area contributed by atoms with Crippen LogP contribution in [-0.4, -0.2) is 11.1 Å². The predicted molar refractivity (Wildman–Crippen MR) is 82.0 cm³/mol. The average Bonchev–Trinajstić information content (AvgIpc) is 2.71. The molecule has 1 N–H and O–H groups in total. The summed E-state index contributed by atoms with van der Waals surface area (Å²) in [6.45, 7) is 7.75. The van der Waals surface area contributed by atoms with Crippen LogP contribution >= 0.6 is 15.9 Å². The summed E-state index contributed by atoms with van der Waals surface area (Å²) in [7, 11) is 0. The normalized spacial score (nSPS) is 11.4. The SMILES string of the molecule is Cc1onc(C(C)(C)C)c1C(=O)Nc1cccc(Br)c1. The molecule has 0 aliphatic rings. The number of nitrogens with zero attached hydrogens (tertiary/aromatic N) is 1. The monoisotopic (exact) mass is 336 g/mol. The summed E-state index contributed by atoms with van der Waals surface area (Å²) >= 11 is 3.38. The molecule has 20 heavy (non-hydrogen) atoms. The average molecular weight is 337 g/mol. The van der Waals surface area contributed by atoms with Crippen molar-refractivity contribution in [2.75, 3.05) is 5.32 Å². The largest absolute Gasteiger partial charge is 0.361 e. The Bertz CT molecular complexity index is 642. The second-order valence-electron chi connectivity index (χ2n) is 5.68. The Labute approximate surface area is 126 Å². The fourth-order valence-electron chi connectivity index (χ4n) is 1.91. The third-order valence-electron chi connectivity index (χ3n) is 2.88. The number of aromatic nitrogens is 1. The molecule has 1 aromatic heterocycles. The number of nitrogens with one attached hydrogen (secondary N) is 1. The molecule has 0 aliphatic carbocycles. The lowest BCUT2D eigenvalue weighted by Crippen LogP contribution is -2.21. The number of anilines is 1. The highest BCUT2D eigenvalue weighted by Crippen LogP contribution is 2.27. The van der Waals surface area contributed by atoms with Crippen LogP contribution in [0.25, 0.3) is 0 Å². The fourth-order valence-corrected chi connectivity index (χ4v) is 2.31. The minimum Gasteiger partial charge on any atom is -0.361 e. The quantitative estimate of drug-likeness (QED) is 0.889. The maximum atomic E-state index is 12.4. The van der Waals surface area contributed by atoms with Gasteiger partial charge in [-0.05, 0) is 25.1 Å². The zero-order valence-electron chi connectivity index (χ0n) is 12.0. The van der Waals surface area contributed by atoms with Gasteiger partial charge in [-0.2, -0.15) is 0 Å². The molecule has 1 heterocycles. The first-order valence-electron chi connectivity index (χ1n) is 6.32. The van der Waals surface area contributed by atoms with Crippen LogP contribution in [0.4, 0.5) is 5.69 Å². The summed E-state index contributed by atoms with van der Waals surface area (Å²) in [6, 6.07) is 7.45. The molecule has 0 fully saturated rings. The number of amides is 1. The number of carbonyl (C=O) groups excluding carboxylic acids is 1. The first kappa shape index (κ1) is 14.8. The molecule has 2 aromatic rings. The van der Waals surface area contributed by atoms with Crippen molar-refractivity contribution in [3.63, 3.8) is 0 Å². The van der Waals surface area contributed by atoms with Crippen molar-refractivity contribution in [3.05, 3.63) is 45.8 Å². The number of carbonyl (C=O) groups is 1. The van der Waals surface area contributed by atoms with Gasteiger partial charge in [-0.15, -0.1) is 0 Å². The van der Waals surface area contributed by atoms with Crippen molar-refractivity contribution in [2.24, 2.45) is 0 Å². The van der Waals surface area contributed by atoms with Gasteiger partial charge in [0.05, 0.1) is 0 Å². The van der Waals surface area contributed by atoms with Crippen molar-refractivity contribution >= 4 is 27.5 Å². The molecular formula is C15H17BrN2O2. The summed E-state index contributed by atoms with van der Waals surface area (Å²) in [5, 5.41) is 6.89. The van der Waals surface area contributed by atoms with Gasteiger partial charge < -0.3 is 9.84 Å². The Hall–Kier alpha value is -1.62. The molecular weight excluding hydrogens is 320 g/mol. The standard InChI is InChI=1S/C15H17BrN2O2/c1-9-12(13(18-20-9)15(2,3)4)14(19)17-11-7-5-6-10(16)8-11/h5-8H,1-4H3,(H,17,19). The Morgan fingerprint density at radius 1 is 1.35 bits per heavy atom. The van der Waals surface area contributed by atoms with Gasteiger partial charge in [0.15, 0.2) is 0 Å². The highest BCUT2D eigenvalue weighted by Gasteiger charge is 2.28. The van der Waals surface area contributed by atoms with E-state index >= 15 is 0 Å². The number of halogens is 1. The summed E-state index contributed by atoms with van der Waals surface area (Å²) in [5.74, 6) is 0.328. The molecule has 2 rings (SSSR count). The van der Waals surface area contributed by atoms with Gasteiger partial charge in [-0.3, -0.25) is 4.79 Å². The Morgan fingerprint density at radius 3 is 2.65 bits per heavy atom. The second-order valence-corrected chi connectivity index (χ2v) is 6.59. The lowest BCUT2D eigenvalue weighted by molar-refractivity contribution is 0.102. The zero-order valence-corrected chi connectivity index (χ0v) is 13.5. The van der Waals surface area contributed by atoms with Gasteiger partial charge in [-0.25, -0.2) is 0 Å². The van der Waals surface area contributed by atoms with E-state index in [-0.39, 0.29) is 11.3 Å². The molecule has 0 aliphatic heterocycles. The molecule has 106 valence electrons. The topological polar surface area (TPSA) is 55.1 Å².